The molecule has 2 aromatic heterocycles. The minimum Gasteiger partial charge on any atom is -0.354 e. The second-order valence-corrected chi connectivity index (χ2v) is 10.0. The summed E-state index contributed by atoms with van der Waals surface area (Å²) in [5, 5.41) is 14.0. The van der Waals surface area contributed by atoms with Crippen molar-refractivity contribution in [2.45, 2.75) is 52.2 Å². The highest BCUT2D eigenvalue weighted by molar-refractivity contribution is 5.85. The summed E-state index contributed by atoms with van der Waals surface area (Å²) in [5.74, 6) is 0.676. The fourth-order valence-electron chi connectivity index (χ4n) is 5.64. The second kappa shape index (κ2) is 9.32. The van der Waals surface area contributed by atoms with Gasteiger partial charge in [0.1, 0.15) is 6.04 Å². The first-order valence-electron chi connectivity index (χ1n) is 12.8. The van der Waals surface area contributed by atoms with Gasteiger partial charge in [0.2, 0.25) is 0 Å². The van der Waals surface area contributed by atoms with Crippen molar-refractivity contribution in [3.8, 4) is 0 Å². The number of H-pyrrole nitrogens is 1. The smallest absolute Gasteiger partial charge is 0.254 e. The lowest BCUT2D eigenvalue weighted by Gasteiger charge is -2.33. The molecule has 0 bridgehead atoms. The molecular formula is C30H30N6O. The number of hydrogen-bond acceptors (Lipinski definition) is 5. The molecule has 0 saturated carbocycles. The number of aromatic amines is 1. The molecule has 186 valence electrons. The number of fused-ring (bicyclic) bond motifs is 2. The number of nitrogens with one attached hydrogen (secondary N) is 1. The third-order valence-corrected chi connectivity index (χ3v) is 7.56. The number of pyridine rings is 1. The third-order valence-electron chi connectivity index (χ3n) is 7.56. The Bertz CT molecular complexity index is 1640. The zero-order valence-corrected chi connectivity index (χ0v) is 21.3. The molecule has 5 aromatic rings. The molecule has 7 heteroatoms. The second-order valence-electron chi connectivity index (χ2n) is 10.0. The van der Waals surface area contributed by atoms with E-state index in [1.54, 1.807) is 0 Å². The SMILES string of the molecule is Cc1ccc(C)c2[nH]c(=O)c([C@@H](c3nnnn3CCc3ccccc3)N3c4ccccc4C[C@@H]3C)cc12. The van der Waals surface area contributed by atoms with Gasteiger partial charge in [-0.25, -0.2) is 4.68 Å². The highest BCUT2D eigenvalue weighted by Crippen LogP contribution is 2.40. The summed E-state index contributed by atoms with van der Waals surface area (Å²) in [5.41, 5.74) is 7.20. The maximum absolute atomic E-state index is 13.7. The van der Waals surface area contributed by atoms with Crippen LogP contribution in [0.4, 0.5) is 5.69 Å². The van der Waals surface area contributed by atoms with Gasteiger partial charge in [0.25, 0.3) is 5.56 Å². The molecule has 0 amide bonds. The Morgan fingerprint density at radius 2 is 1.76 bits per heavy atom. The first-order chi connectivity index (χ1) is 18.0. The predicted molar refractivity (Wildman–Crippen MR) is 146 cm³/mol. The number of anilines is 1. The van der Waals surface area contributed by atoms with Gasteiger partial charge in [-0.15, -0.1) is 5.10 Å². The van der Waals surface area contributed by atoms with E-state index in [0.717, 1.165) is 40.6 Å². The van der Waals surface area contributed by atoms with Gasteiger partial charge in [0.05, 0.1) is 5.52 Å². The van der Waals surface area contributed by atoms with Gasteiger partial charge in [-0.05, 0) is 78.4 Å². The zero-order chi connectivity index (χ0) is 25.5. The van der Waals surface area contributed by atoms with E-state index < -0.39 is 6.04 Å². The molecule has 1 aliphatic heterocycles. The summed E-state index contributed by atoms with van der Waals surface area (Å²) in [4.78, 5) is 19.2. The van der Waals surface area contributed by atoms with Crippen molar-refractivity contribution in [3.63, 3.8) is 0 Å². The van der Waals surface area contributed by atoms with Crippen LogP contribution >= 0.6 is 0 Å². The van der Waals surface area contributed by atoms with Gasteiger partial charge in [-0.3, -0.25) is 4.79 Å². The van der Waals surface area contributed by atoms with E-state index in [1.807, 2.05) is 41.9 Å². The van der Waals surface area contributed by atoms with Crippen LogP contribution in [0.1, 0.15) is 46.6 Å². The van der Waals surface area contributed by atoms with Crippen LogP contribution in [0.5, 0.6) is 0 Å². The van der Waals surface area contributed by atoms with Crippen LogP contribution in [0.2, 0.25) is 0 Å². The highest BCUT2D eigenvalue weighted by atomic mass is 16.1. The third kappa shape index (κ3) is 4.10. The van der Waals surface area contributed by atoms with Crippen LogP contribution in [0, 0.1) is 13.8 Å². The fraction of sp³-hybridized carbons (Fsp3) is 0.267. The van der Waals surface area contributed by atoms with Crippen LogP contribution in [0.15, 0.2) is 77.6 Å². The normalized spacial score (nSPS) is 15.8. The van der Waals surface area contributed by atoms with Crippen LogP contribution in [-0.4, -0.2) is 31.2 Å². The van der Waals surface area contributed by atoms with Crippen molar-refractivity contribution in [1.82, 2.24) is 25.2 Å². The molecule has 37 heavy (non-hydrogen) atoms. The van der Waals surface area contributed by atoms with Gasteiger partial charge in [0, 0.05) is 29.2 Å². The van der Waals surface area contributed by atoms with Gasteiger partial charge in [0.15, 0.2) is 5.82 Å². The number of tetrazole rings is 1. The van der Waals surface area contributed by atoms with Crippen LogP contribution in [0.3, 0.4) is 0 Å². The van der Waals surface area contributed by atoms with Gasteiger partial charge in [-0.1, -0.05) is 60.7 Å². The Morgan fingerprint density at radius 1 is 1.00 bits per heavy atom. The molecule has 0 spiro atoms. The maximum atomic E-state index is 13.7. The standard InChI is InChI=1S/C30H30N6O/c1-19-13-14-20(2)27-24(19)18-25(30(37)31-27)28(36-21(3)17-23-11-7-8-12-26(23)36)29-32-33-34-35(29)16-15-22-9-5-4-6-10-22/h4-14,18,21,28H,15-17H2,1-3H3,(H,31,37)/t21-,28-/m0/s1. The zero-order valence-electron chi connectivity index (χ0n) is 21.3. The fourth-order valence-corrected chi connectivity index (χ4v) is 5.64. The van der Waals surface area contributed by atoms with E-state index in [0.29, 0.717) is 17.9 Å². The molecule has 0 fully saturated rings. The Balaban J connectivity index is 1.52. The molecule has 6 rings (SSSR count). The molecule has 7 nitrogen and oxygen atoms in total. The summed E-state index contributed by atoms with van der Waals surface area (Å²) in [7, 11) is 0. The van der Waals surface area contributed by atoms with E-state index >= 15 is 0 Å². The Morgan fingerprint density at radius 3 is 2.59 bits per heavy atom. The average molecular weight is 491 g/mol. The molecule has 1 N–H and O–H groups in total. The minimum absolute atomic E-state index is 0.111. The van der Waals surface area contributed by atoms with Crippen LogP contribution in [-0.2, 0) is 19.4 Å². The minimum atomic E-state index is -0.433. The Kier molecular flexibility index (Phi) is 5.83. The summed E-state index contributed by atoms with van der Waals surface area (Å²) >= 11 is 0. The lowest BCUT2D eigenvalue weighted by atomic mass is 9.99. The summed E-state index contributed by atoms with van der Waals surface area (Å²) < 4.78 is 1.86. The lowest BCUT2D eigenvalue weighted by molar-refractivity contribution is 0.519. The molecule has 0 radical (unpaired) electrons. The van der Waals surface area contributed by atoms with E-state index in [4.69, 9.17) is 0 Å². The van der Waals surface area contributed by atoms with Gasteiger partial charge >= 0.3 is 0 Å². The molecular weight excluding hydrogens is 460 g/mol. The monoisotopic (exact) mass is 490 g/mol. The summed E-state index contributed by atoms with van der Waals surface area (Å²) in [6.45, 7) is 6.93. The number of nitrogens with zero attached hydrogens (tertiary/aromatic N) is 5. The van der Waals surface area contributed by atoms with E-state index in [9.17, 15) is 4.79 Å². The highest BCUT2D eigenvalue weighted by Gasteiger charge is 2.37. The maximum Gasteiger partial charge on any atom is 0.254 e. The molecule has 0 unspecified atom stereocenters. The predicted octanol–water partition coefficient (Wildman–Crippen LogP) is 4.91. The first-order valence-corrected chi connectivity index (χ1v) is 12.8. The van der Waals surface area contributed by atoms with Crippen molar-refractivity contribution in [3.05, 3.63) is 117 Å². The first kappa shape index (κ1) is 23.2. The van der Waals surface area contributed by atoms with E-state index in [-0.39, 0.29) is 11.6 Å². The van der Waals surface area contributed by atoms with E-state index in [1.165, 1.54) is 11.1 Å². The van der Waals surface area contributed by atoms with E-state index in [2.05, 4.69) is 81.7 Å². The van der Waals surface area contributed by atoms with Gasteiger partial charge in [-0.2, -0.15) is 0 Å². The molecule has 0 saturated heterocycles. The Labute approximate surface area is 215 Å². The number of benzene rings is 3. The van der Waals surface area contributed by atoms with Crippen LogP contribution in [0.25, 0.3) is 10.9 Å². The lowest BCUT2D eigenvalue weighted by Crippen LogP contribution is -2.39. The number of rotatable bonds is 6. The number of hydrogen-bond donors (Lipinski definition) is 1. The van der Waals surface area contributed by atoms with Crippen LogP contribution < -0.4 is 10.5 Å². The molecule has 2 atom stereocenters. The van der Waals surface area contributed by atoms with Crippen molar-refractivity contribution in [2.24, 2.45) is 0 Å². The molecule has 1 aliphatic rings. The summed E-state index contributed by atoms with van der Waals surface area (Å²) in [6.07, 6.45) is 1.70. The average Bonchev–Trinajstić information content (AvgIpc) is 3.51. The van der Waals surface area contributed by atoms with Gasteiger partial charge < -0.3 is 9.88 Å². The molecule has 0 aliphatic carbocycles. The number of para-hydroxylation sites is 1. The number of aryl methyl sites for hydroxylation is 4. The van der Waals surface area contributed by atoms with Crippen molar-refractivity contribution < 1.29 is 0 Å². The molecule has 3 heterocycles. The quantitative estimate of drug-likeness (QED) is 0.366. The van der Waals surface area contributed by atoms with Crippen molar-refractivity contribution in [1.29, 1.82) is 0 Å². The summed E-state index contributed by atoms with van der Waals surface area (Å²) in [6, 6.07) is 24.7. The topological polar surface area (TPSA) is 79.7 Å². The Hall–Kier alpha value is -4.26. The largest absolute Gasteiger partial charge is 0.354 e. The van der Waals surface area contributed by atoms with Crippen molar-refractivity contribution in [2.75, 3.05) is 4.90 Å². The van der Waals surface area contributed by atoms with Crippen molar-refractivity contribution >= 4 is 16.6 Å². The molecule has 3 aromatic carbocycles. The number of aromatic nitrogens is 5.